The molecule has 12 unspecified atom stereocenters. The fourth-order valence-corrected chi connectivity index (χ4v) is 9.91. The summed E-state index contributed by atoms with van der Waals surface area (Å²) in [5, 5.41) is 86.9. The fourth-order valence-electron chi connectivity index (χ4n) is 9.91. The molecule has 2 aliphatic heterocycles. The first-order valence-electron chi connectivity index (χ1n) is 30.2. The summed E-state index contributed by atoms with van der Waals surface area (Å²) in [4.78, 5) is 13.2. The summed E-state index contributed by atoms with van der Waals surface area (Å²) >= 11 is 0. The average molecular weight is 1050 g/mol. The summed E-state index contributed by atoms with van der Waals surface area (Å²) in [6.07, 6.45) is 39.3. The van der Waals surface area contributed by atoms with Crippen molar-refractivity contribution < 1.29 is 64.6 Å². The summed E-state index contributed by atoms with van der Waals surface area (Å²) < 4.78 is 22.7. The van der Waals surface area contributed by atoms with Crippen molar-refractivity contribution in [3.8, 4) is 0 Å². The number of carbonyl (C=O) groups is 1. The van der Waals surface area contributed by atoms with Crippen LogP contribution in [0.3, 0.4) is 0 Å². The highest BCUT2D eigenvalue weighted by Gasteiger charge is 2.51. The van der Waals surface area contributed by atoms with E-state index in [2.05, 4.69) is 43.5 Å². The van der Waals surface area contributed by atoms with E-state index >= 15 is 0 Å². The SMILES string of the molecule is CCCCCCCCCCCCCCCCCCCCC/C=C/CC/C=C/CC/C=C/C(O)C(COC1OC(CO)C(OC2OC(CO)C(O)C(O)C2O)C(O)C1O)NC(=O)CCCCCCCCCCCCC. The maximum Gasteiger partial charge on any atom is 0.220 e. The van der Waals surface area contributed by atoms with Gasteiger partial charge < -0.3 is 65.1 Å². The van der Waals surface area contributed by atoms with Crippen LogP contribution in [0.5, 0.6) is 0 Å². The summed E-state index contributed by atoms with van der Waals surface area (Å²) in [5.41, 5.74) is 0. The van der Waals surface area contributed by atoms with E-state index < -0.39 is 86.8 Å². The van der Waals surface area contributed by atoms with Crippen molar-refractivity contribution in [2.75, 3.05) is 19.8 Å². The van der Waals surface area contributed by atoms with Gasteiger partial charge in [-0.05, 0) is 44.9 Å². The van der Waals surface area contributed by atoms with E-state index in [1.807, 2.05) is 6.08 Å². The number of ether oxygens (including phenoxy) is 4. The van der Waals surface area contributed by atoms with E-state index in [-0.39, 0.29) is 18.9 Å². The lowest BCUT2D eigenvalue weighted by Crippen LogP contribution is -2.65. The van der Waals surface area contributed by atoms with Gasteiger partial charge >= 0.3 is 0 Å². The molecule has 9 N–H and O–H groups in total. The van der Waals surface area contributed by atoms with Crippen LogP contribution in [-0.2, 0) is 23.7 Å². The second kappa shape index (κ2) is 46.2. The second-order valence-corrected chi connectivity index (χ2v) is 21.5. The van der Waals surface area contributed by atoms with Gasteiger partial charge in [0.15, 0.2) is 12.6 Å². The Balaban J connectivity index is 1.72. The van der Waals surface area contributed by atoms with Crippen LogP contribution in [0.2, 0.25) is 0 Å². The van der Waals surface area contributed by atoms with Crippen LogP contribution in [0.1, 0.15) is 245 Å². The van der Waals surface area contributed by atoms with Crippen molar-refractivity contribution in [1.29, 1.82) is 0 Å². The molecular weight excluding hydrogens is 943 g/mol. The normalized spacial score (nSPS) is 25.4. The number of carbonyl (C=O) groups excluding carboxylic acids is 1. The number of amides is 1. The van der Waals surface area contributed by atoms with E-state index in [1.165, 1.54) is 167 Å². The molecule has 0 aromatic carbocycles. The van der Waals surface area contributed by atoms with E-state index in [0.717, 1.165) is 44.9 Å². The number of allylic oxidation sites excluding steroid dienone is 5. The number of unbranched alkanes of at least 4 members (excludes halogenated alkanes) is 31. The Labute approximate surface area is 449 Å². The van der Waals surface area contributed by atoms with Crippen molar-refractivity contribution in [3.63, 3.8) is 0 Å². The lowest BCUT2D eigenvalue weighted by Gasteiger charge is -2.46. The van der Waals surface area contributed by atoms with Crippen LogP contribution >= 0.6 is 0 Å². The molecule has 12 atom stereocenters. The Morgan fingerprint density at radius 3 is 1.32 bits per heavy atom. The van der Waals surface area contributed by atoms with Gasteiger partial charge in [0.1, 0.15) is 48.8 Å². The second-order valence-electron chi connectivity index (χ2n) is 21.5. The van der Waals surface area contributed by atoms with Gasteiger partial charge in [-0.2, -0.15) is 0 Å². The number of hydrogen-bond donors (Lipinski definition) is 9. The monoisotopic (exact) mass is 1050 g/mol. The Morgan fingerprint density at radius 2 is 0.865 bits per heavy atom. The zero-order valence-electron chi connectivity index (χ0n) is 46.6. The number of rotatable bonds is 48. The van der Waals surface area contributed by atoms with Gasteiger partial charge in [0.2, 0.25) is 5.91 Å². The summed E-state index contributed by atoms with van der Waals surface area (Å²) in [6.45, 7) is 2.77. The Morgan fingerprint density at radius 1 is 0.473 bits per heavy atom. The van der Waals surface area contributed by atoms with Gasteiger partial charge in [0.05, 0.1) is 32.0 Å². The zero-order valence-corrected chi connectivity index (χ0v) is 46.6. The van der Waals surface area contributed by atoms with Crippen LogP contribution in [0.4, 0.5) is 0 Å². The first-order chi connectivity index (χ1) is 36.1. The highest BCUT2D eigenvalue weighted by Crippen LogP contribution is 2.30. The number of hydrogen-bond acceptors (Lipinski definition) is 13. The molecule has 2 rings (SSSR count). The Bertz CT molecular complexity index is 1380. The molecule has 1 amide bonds. The summed E-state index contributed by atoms with van der Waals surface area (Å²) in [5.74, 6) is -0.254. The number of nitrogens with one attached hydrogen (secondary N) is 1. The van der Waals surface area contributed by atoms with Crippen LogP contribution in [0, 0.1) is 0 Å². The Hall–Kier alpha value is -1.79. The van der Waals surface area contributed by atoms with Gasteiger partial charge in [-0.3, -0.25) is 4.79 Å². The molecule has 2 aliphatic rings. The highest BCUT2D eigenvalue weighted by atomic mass is 16.7. The standard InChI is InChI=1S/C60H111NO13/c1-3-5-7-9-11-13-15-16-17-18-19-20-21-22-23-24-25-26-27-28-29-30-31-32-34-35-37-39-41-43-49(64)48(61-52(65)44-42-40-38-36-33-14-12-10-8-6-4-2)47-71-59-57(70)55(68)58(51(46-63)73-59)74-60-56(69)54(67)53(66)50(45-62)72-60/h29-30,34-35,41,43,48-51,53-60,62-64,66-70H,3-28,31-33,36-40,42,44-47H2,1-2H3,(H,61,65)/b30-29+,35-34+,43-41+. The molecule has 0 aromatic rings. The van der Waals surface area contributed by atoms with Crippen LogP contribution < -0.4 is 5.32 Å². The third-order valence-electron chi connectivity index (χ3n) is 14.8. The minimum Gasteiger partial charge on any atom is -0.394 e. The molecule has 0 spiro atoms. The molecule has 0 aliphatic carbocycles. The molecule has 74 heavy (non-hydrogen) atoms. The minimum absolute atomic E-state index is 0.254. The van der Waals surface area contributed by atoms with Gasteiger partial charge in [-0.15, -0.1) is 0 Å². The van der Waals surface area contributed by atoms with Crippen LogP contribution in [-0.4, -0.2) is 140 Å². The quantitative estimate of drug-likeness (QED) is 0.0204. The van der Waals surface area contributed by atoms with Crippen molar-refractivity contribution in [3.05, 3.63) is 36.5 Å². The van der Waals surface area contributed by atoms with E-state index in [9.17, 15) is 45.6 Å². The van der Waals surface area contributed by atoms with Crippen LogP contribution in [0.25, 0.3) is 0 Å². The number of aliphatic hydroxyl groups excluding tert-OH is 8. The maximum absolute atomic E-state index is 13.2. The zero-order chi connectivity index (χ0) is 53.9. The van der Waals surface area contributed by atoms with Crippen molar-refractivity contribution in [2.45, 2.75) is 319 Å². The van der Waals surface area contributed by atoms with Crippen molar-refractivity contribution >= 4 is 5.91 Å². The van der Waals surface area contributed by atoms with E-state index in [0.29, 0.717) is 12.8 Å². The largest absolute Gasteiger partial charge is 0.394 e. The molecule has 14 nitrogen and oxygen atoms in total. The fraction of sp³-hybridized carbons (Fsp3) is 0.883. The predicted octanol–water partition coefficient (Wildman–Crippen LogP) is 10.2. The summed E-state index contributed by atoms with van der Waals surface area (Å²) in [6, 6.07) is -0.934. The number of aliphatic hydroxyl groups is 8. The topological polar surface area (TPSA) is 228 Å². The van der Waals surface area contributed by atoms with Gasteiger partial charge in [-0.25, -0.2) is 0 Å². The Kier molecular flexibility index (Phi) is 42.6. The highest BCUT2D eigenvalue weighted by molar-refractivity contribution is 5.76. The lowest BCUT2D eigenvalue weighted by atomic mass is 9.97. The average Bonchev–Trinajstić information content (AvgIpc) is 3.40. The molecule has 2 saturated heterocycles. The smallest absolute Gasteiger partial charge is 0.220 e. The lowest BCUT2D eigenvalue weighted by molar-refractivity contribution is -0.359. The van der Waals surface area contributed by atoms with Gasteiger partial charge in [0.25, 0.3) is 0 Å². The minimum atomic E-state index is -1.79. The molecule has 0 aromatic heterocycles. The maximum atomic E-state index is 13.2. The summed E-state index contributed by atoms with van der Waals surface area (Å²) in [7, 11) is 0. The molecule has 2 heterocycles. The van der Waals surface area contributed by atoms with Crippen molar-refractivity contribution in [1.82, 2.24) is 5.32 Å². The van der Waals surface area contributed by atoms with Crippen molar-refractivity contribution in [2.24, 2.45) is 0 Å². The third kappa shape index (κ3) is 31.6. The molecule has 2 fully saturated rings. The van der Waals surface area contributed by atoms with Gasteiger partial charge in [-0.1, -0.05) is 230 Å². The van der Waals surface area contributed by atoms with E-state index in [1.54, 1.807) is 6.08 Å². The predicted molar refractivity (Wildman–Crippen MR) is 295 cm³/mol. The first-order valence-corrected chi connectivity index (χ1v) is 30.2. The van der Waals surface area contributed by atoms with Gasteiger partial charge in [0, 0.05) is 6.42 Å². The molecule has 434 valence electrons. The molecular formula is C60H111NO13. The molecule has 14 heteroatoms. The molecule has 0 radical (unpaired) electrons. The third-order valence-corrected chi connectivity index (χ3v) is 14.8. The first kappa shape index (κ1) is 68.3. The van der Waals surface area contributed by atoms with E-state index in [4.69, 9.17) is 18.9 Å². The molecule has 0 bridgehead atoms. The molecule has 0 saturated carbocycles. The van der Waals surface area contributed by atoms with Crippen LogP contribution in [0.15, 0.2) is 36.5 Å².